The lowest BCUT2D eigenvalue weighted by Crippen LogP contribution is -1.76. The summed E-state index contributed by atoms with van der Waals surface area (Å²) < 4.78 is 5.03. The Morgan fingerprint density at radius 1 is 1.21 bits per heavy atom. The fraction of sp³-hybridized carbons (Fsp3) is 0. The number of benzene rings is 1. The van der Waals surface area contributed by atoms with E-state index < -0.39 is 0 Å². The first kappa shape index (κ1) is 7.70. The van der Waals surface area contributed by atoms with Crippen molar-refractivity contribution in [3.05, 3.63) is 36.5 Å². The largest absolute Gasteiger partial charge is 0.361 e. The smallest absolute Gasteiger partial charge is 0.106 e. The molecule has 4 heteroatoms. The van der Waals surface area contributed by atoms with E-state index in [0.29, 0.717) is 0 Å². The van der Waals surface area contributed by atoms with Crippen LogP contribution >= 0.6 is 11.5 Å². The van der Waals surface area contributed by atoms with Gasteiger partial charge in [-0.3, -0.25) is 0 Å². The third-order valence-electron chi connectivity index (χ3n) is 2.16. The number of aromatic amines is 1. The number of nitrogens with one attached hydrogen (secondary N) is 1. The summed E-state index contributed by atoms with van der Waals surface area (Å²) in [5.74, 6) is 0. The molecule has 14 heavy (non-hydrogen) atoms. The Labute approximate surface area is 84.6 Å². The third kappa shape index (κ3) is 1.12. The highest BCUT2D eigenvalue weighted by Gasteiger charge is 2.01. The van der Waals surface area contributed by atoms with Crippen molar-refractivity contribution in [2.24, 2.45) is 0 Å². The van der Waals surface area contributed by atoms with Gasteiger partial charge in [0.2, 0.25) is 0 Å². The van der Waals surface area contributed by atoms with Crippen molar-refractivity contribution in [1.29, 1.82) is 0 Å². The third-order valence-corrected chi connectivity index (χ3v) is 2.84. The van der Waals surface area contributed by atoms with E-state index in [1.165, 1.54) is 17.1 Å². The van der Waals surface area contributed by atoms with Gasteiger partial charge in [-0.15, -0.1) is 5.10 Å². The lowest BCUT2D eigenvalue weighted by molar-refractivity contribution is 1.20. The number of H-pyrrole nitrogens is 1. The number of hydrogen-bond donors (Lipinski definition) is 1. The van der Waals surface area contributed by atoms with Gasteiger partial charge in [-0.2, -0.15) is 0 Å². The zero-order valence-corrected chi connectivity index (χ0v) is 8.08. The first-order valence-corrected chi connectivity index (χ1v) is 5.07. The number of hydrogen-bond acceptors (Lipinski definition) is 3. The summed E-state index contributed by atoms with van der Waals surface area (Å²) in [5.41, 5.74) is 3.26. The summed E-state index contributed by atoms with van der Waals surface area (Å²) in [5, 5.41) is 4.00. The molecule has 0 fully saturated rings. The zero-order chi connectivity index (χ0) is 9.38. The van der Waals surface area contributed by atoms with Crippen LogP contribution in [0.1, 0.15) is 0 Å². The predicted molar refractivity (Wildman–Crippen MR) is 57.2 cm³/mol. The zero-order valence-electron chi connectivity index (χ0n) is 7.27. The fourth-order valence-corrected chi connectivity index (χ4v) is 2.05. The van der Waals surface area contributed by atoms with E-state index in [1.807, 2.05) is 18.3 Å². The molecule has 68 valence electrons. The standard InChI is InChI=1S/C10H7N3S/c1-2-8(11-5-1)7-3-4-9-10(6-7)14-13-12-9/h1-6,11H. The molecule has 0 spiro atoms. The monoisotopic (exact) mass is 201 g/mol. The minimum Gasteiger partial charge on any atom is -0.361 e. The van der Waals surface area contributed by atoms with E-state index >= 15 is 0 Å². The predicted octanol–water partition coefficient (Wildman–Crippen LogP) is 2.69. The van der Waals surface area contributed by atoms with Crippen LogP contribution in [0.4, 0.5) is 0 Å². The molecule has 0 saturated heterocycles. The lowest BCUT2D eigenvalue weighted by Gasteiger charge is -1.96. The summed E-state index contributed by atoms with van der Waals surface area (Å²) in [6.45, 7) is 0. The van der Waals surface area contributed by atoms with Crippen molar-refractivity contribution in [2.75, 3.05) is 0 Å². The van der Waals surface area contributed by atoms with Gasteiger partial charge in [0, 0.05) is 11.9 Å². The molecular weight excluding hydrogens is 194 g/mol. The van der Waals surface area contributed by atoms with Crippen LogP contribution in [0.3, 0.4) is 0 Å². The van der Waals surface area contributed by atoms with Crippen LogP contribution in [0.15, 0.2) is 36.5 Å². The van der Waals surface area contributed by atoms with E-state index in [4.69, 9.17) is 0 Å². The van der Waals surface area contributed by atoms with Crippen molar-refractivity contribution in [3.8, 4) is 11.3 Å². The van der Waals surface area contributed by atoms with Crippen LogP contribution in [0, 0.1) is 0 Å². The second-order valence-electron chi connectivity index (χ2n) is 3.04. The Bertz CT molecular complexity index is 554. The molecule has 3 nitrogen and oxygen atoms in total. The number of aromatic nitrogens is 3. The highest BCUT2D eigenvalue weighted by molar-refractivity contribution is 7.12. The van der Waals surface area contributed by atoms with Gasteiger partial charge >= 0.3 is 0 Å². The first-order chi connectivity index (χ1) is 6.93. The maximum atomic E-state index is 4.00. The van der Waals surface area contributed by atoms with Crippen molar-refractivity contribution in [3.63, 3.8) is 0 Å². The van der Waals surface area contributed by atoms with Crippen LogP contribution in [0.2, 0.25) is 0 Å². The molecule has 0 radical (unpaired) electrons. The van der Waals surface area contributed by atoms with E-state index in [-0.39, 0.29) is 0 Å². The molecule has 0 aliphatic carbocycles. The van der Waals surface area contributed by atoms with Crippen molar-refractivity contribution in [1.82, 2.24) is 14.6 Å². The van der Waals surface area contributed by atoms with Gasteiger partial charge in [-0.25, -0.2) is 0 Å². The number of rotatable bonds is 1. The van der Waals surface area contributed by atoms with Gasteiger partial charge in [-0.05, 0) is 41.4 Å². The minimum absolute atomic E-state index is 0.963. The molecule has 0 aliphatic heterocycles. The normalized spacial score (nSPS) is 10.9. The maximum Gasteiger partial charge on any atom is 0.106 e. The maximum absolute atomic E-state index is 4.00. The summed E-state index contributed by atoms with van der Waals surface area (Å²) in [4.78, 5) is 3.17. The molecule has 3 rings (SSSR count). The highest BCUT2D eigenvalue weighted by atomic mass is 32.1. The minimum atomic E-state index is 0.963. The van der Waals surface area contributed by atoms with E-state index in [9.17, 15) is 0 Å². The molecule has 0 atom stereocenters. The Hall–Kier alpha value is -1.68. The van der Waals surface area contributed by atoms with Crippen molar-refractivity contribution >= 4 is 21.7 Å². The van der Waals surface area contributed by atoms with Gasteiger partial charge in [-0.1, -0.05) is 10.6 Å². The molecule has 1 aromatic carbocycles. The van der Waals surface area contributed by atoms with E-state index in [1.54, 1.807) is 0 Å². The van der Waals surface area contributed by atoms with E-state index in [2.05, 4.69) is 32.8 Å². The van der Waals surface area contributed by atoms with Crippen LogP contribution < -0.4 is 0 Å². The fourth-order valence-electron chi connectivity index (χ4n) is 1.46. The van der Waals surface area contributed by atoms with E-state index in [0.717, 1.165) is 15.9 Å². The SMILES string of the molecule is c1c[nH]c(-c2ccc3nnsc3c2)c1. The van der Waals surface area contributed by atoms with Crippen molar-refractivity contribution in [2.45, 2.75) is 0 Å². The molecule has 3 aromatic rings. The Morgan fingerprint density at radius 3 is 3.07 bits per heavy atom. The molecule has 2 aromatic heterocycles. The highest BCUT2D eigenvalue weighted by Crippen LogP contribution is 2.23. The lowest BCUT2D eigenvalue weighted by atomic mass is 10.1. The molecule has 0 aliphatic rings. The summed E-state index contributed by atoms with van der Waals surface area (Å²) in [6.07, 6.45) is 1.92. The Morgan fingerprint density at radius 2 is 2.21 bits per heavy atom. The van der Waals surface area contributed by atoms with Gasteiger partial charge in [0.05, 0.1) is 4.70 Å². The topological polar surface area (TPSA) is 41.6 Å². The molecule has 0 saturated carbocycles. The molecule has 1 N–H and O–H groups in total. The van der Waals surface area contributed by atoms with Crippen molar-refractivity contribution < 1.29 is 0 Å². The summed E-state index contributed by atoms with van der Waals surface area (Å²) in [7, 11) is 0. The van der Waals surface area contributed by atoms with Crippen LogP contribution in [-0.4, -0.2) is 14.6 Å². The number of fused-ring (bicyclic) bond motifs is 1. The summed E-state index contributed by atoms with van der Waals surface area (Å²) >= 11 is 1.42. The molecule has 2 heterocycles. The average Bonchev–Trinajstić information content (AvgIpc) is 2.88. The second kappa shape index (κ2) is 2.92. The van der Waals surface area contributed by atoms with Crippen LogP contribution in [-0.2, 0) is 0 Å². The van der Waals surface area contributed by atoms with Gasteiger partial charge in [0.25, 0.3) is 0 Å². The van der Waals surface area contributed by atoms with Gasteiger partial charge in [0.15, 0.2) is 0 Å². The first-order valence-electron chi connectivity index (χ1n) is 4.29. The molecule has 0 unspecified atom stereocenters. The average molecular weight is 201 g/mol. The summed E-state index contributed by atoms with van der Waals surface area (Å²) in [6, 6.07) is 10.2. The second-order valence-corrected chi connectivity index (χ2v) is 3.82. The molecule has 0 bridgehead atoms. The number of nitrogens with zero attached hydrogens (tertiary/aromatic N) is 2. The van der Waals surface area contributed by atoms with Gasteiger partial charge in [0.1, 0.15) is 5.52 Å². The quantitative estimate of drug-likeness (QED) is 0.657. The van der Waals surface area contributed by atoms with Crippen LogP contribution in [0.5, 0.6) is 0 Å². The van der Waals surface area contributed by atoms with Crippen LogP contribution in [0.25, 0.3) is 21.5 Å². The molecular formula is C10H7N3S. The Balaban J connectivity index is 2.23. The Kier molecular flexibility index (Phi) is 1.61. The van der Waals surface area contributed by atoms with Gasteiger partial charge < -0.3 is 4.98 Å². The molecule has 0 amide bonds.